The van der Waals surface area contributed by atoms with Crippen molar-refractivity contribution in [1.82, 2.24) is 19.8 Å². The summed E-state index contributed by atoms with van der Waals surface area (Å²) in [5.41, 5.74) is 2.61. The van der Waals surface area contributed by atoms with Crippen molar-refractivity contribution in [3.8, 4) is 5.75 Å². The number of nitrogens with one attached hydrogen (secondary N) is 1. The Bertz CT molecular complexity index is 996. The zero-order valence-electron chi connectivity index (χ0n) is 17.2. The van der Waals surface area contributed by atoms with E-state index < -0.39 is 0 Å². The number of halogens is 1. The second-order valence-corrected chi connectivity index (χ2v) is 7.89. The lowest BCUT2D eigenvalue weighted by molar-refractivity contribution is -0.134. The minimum atomic E-state index is -0.272. The highest BCUT2D eigenvalue weighted by atomic mass is 19.1. The fourth-order valence-electron chi connectivity index (χ4n) is 3.80. The van der Waals surface area contributed by atoms with Crippen molar-refractivity contribution in [3.05, 3.63) is 59.7 Å². The van der Waals surface area contributed by atoms with E-state index in [4.69, 9.17) is 4.74 Å². The molecule has 0 aliphatic carbocycles. The van der Waals surface area contributed by atoms with E-state index in [0.29, 0.717) is 17.8 Å². The standard InChI is InChI=1S/C23H27FN4O2/c1-27(15-22-25-20-10-7-18(24)13-21(20)26-22)14-17-5-8-19(9-6-17)30-16-23(29)28-11-3-2-4-12-28/h5-10,13H,2-4,11-12,14-16H2,1H3,(H,25,26). The lowest BCUT2D eigenvalue weighted by Gasteiger charge is -2.26. The molecule has 1 aromatic heterocycles. The molecule has 30 heavy (non-hydrogen) atoms. The molecule has 0 saturated carbocycles. The number of likely N-dealkylation sites (tertiary alicyclic amines) is 1. The summed E-state index contributed by atoms with van der Waals surface area (Å²) in [6.45, 7) is 3.13. The fraction of sp³-hybridized carbons (Fsp3) is 0.391. The van der Waals surface area contributed by atoms with Crippen LogP contribution in [0.2, 0.25) is 0 Å². The second kappa shape index (κ2) is 9.26. The van der Waals surface area contributed by atoms with Gasteiger partial charge in [-0.2, -0.15) is 0 Å². The first-order valence-corrected chi connectivity index (χ1v) is 10.4. The monoisotopic (exact) mass is 410 g/mol. The predicted octanol–water partition coefficient (Wildman–Crippen LogP) is 3.73. The molecule has 0 spiro atoms. The SMILES string of the molecule is CN(Cc1ccc(OCC(=O)N2CCCCC2)cc1)Cc1nc2ccc(F)cc2[nH]1. The molecule has 4 rings (SSSR count). The van der Waals surface area contributed by atoms with Crippen molar-refractivity contribution in [3.63, 3.8) is 0 Å². The number of rotatable bonds is 7. The van der Waals surface area contributed by atoms with Gasteiger partial charge in [0.25, 0.3) is 5.91 Å². The third-order valence-electron chi connectivity index (χ3n) is 5.36. The number of amides is 1. The summed E-state index contributed by atoms with van der Waals surface area (Å²) in [6.07, 6.45) is 3.37. The molecule has 2 heterocycles. The van der Waals surface area contributed by atoms with Crippen molar-refractivity contribution in [2.24, 2.45) is 0 Å². The first-order chi connectivity index (χ1) is 14.6. The number of carbonyl (C=O) groups is 1. The van der Waals surface area contributed by atoms with Crippen molar-refractivity contribution >= 4 is 16.9 Å². The van der Waals surface area contributed by atoms with Crippen LogP contribution in [-0.2, 0) is 17.9 Å². The zero-order chi connectivity index (χ0) is 20.9. The normalized spacial score (nSPS) is 14.4. The molecule has 2 aromatic carbocycles. The number of hydrogen-bond donors (Lipinski definition) is 1. The number of aromatic nitrogens is 2. The molecule has 7 heteroatoms. The molecule has 1 saturated heterocycles. The molecular weight excluding hydrogens is 383 g/mol. The van der Waals surface area contributed by atoms with Crippen LogP contribution in [0.15, 0.2) is 42.5 Å². The van der Waals surface area contributed by atoms with Crippen LogP contribution in [0.1, 0.15) is 30.7 Å². The molecule has 6 nitrogen and oxygen atoms in total. The van der Waals surface area contributed by atoms with Gasteiger partial charge in [0, 0.05) is 19.6 Å². The zero-order valence-corrected chi connectivity index (χ0v) is 17.2. The van der Waals surface area contributed by atoms with Crippen LogP contribution in [-0.4, -0.2) is 52.4 Å². The van der Waals surface area contributed by atoms with Gasteiger partial charge < -0.3 is 14.6 Å². The van der Waals surface area contributed by atoms with E-state index in [1.54, 1.807) is 6.07 Å². The number of fused-ring (bicyclic) bond motifs is 1. The minimum Gasteiger partial charge on any atom is -0.484 e. The molecule has 158 valence electrons. The topological polar surface area (TPSA) is 61.5 Å². The van der Waals surface area contributed by atoms with Gasteiger partial charge in [-0.1, -0.05) is 12.1 Å². The molecular formula is C23H27FN4O2. The maximum Gasteiger partial charge on any atom is 0.260 e. The number of hydrogen-bond acceptors (Lipinski definition) is 4. The molecule has 0 atom stereocenters. The van der Waals surface area contributed by atoms with E-state index in [9.17, 15) is 9.18 Å². The quantitative estimate of drug-likeness (QED) is 0.645. The summed E-state index contributed by atoms with van der Waals surface area (Å²) in [5.74, 6) is 1.29. The molecule has 1 aliphatic rings. The van der Waals surface area contributed by atoms with Crippen LogP contribution in [0.25, 0.3) is 11.0 Å². The van der Waals surface area contributed by atoms with E-state index in [0.717, 1.165) is 49.4 Å². The van der Waals surface area contributed by atoms with E-state index in [1.165, 1.54) is 18.6 Å². The number of piperidine rings is 1. The van der Waals surface area contributed by atoms with Crippen LogP contribution in [0.4, 0.5) is 4.39 Å². The van der Waals surface area contributed by atoms with Crippen molar-refractivity contribution in [1.29, 1.82) is 0 Å². The fourth-order valence-corrected chi connectivity index (χ4v) is 3.80. The van der Waals surface area contributed by atoms with Crippen LogP contribution in [0.5, 0.6) is 5.75 Å². The number of nitrogens with zero attached hydrogens (tertiary/aromatic N) is 3. The van der Waals surface area contributed by atoms with E-state index in [-0.39, 0.29) is 18.3 Å². The first kappa shape index (κ1) is 20.3. The number of H-pyrrole nitrogens is 1. The lowest BCUT2D eigenvalue weighted by Crippen LogP contribution is -2.38. The van der Waals surface area contributed by atoms with Gasteiger partial charge in [0.1, 0.15) is 17.4 Å². The maximum absolute atomic E-state index is 13.3. The van der Waals surface area contributed by atoms with E-state index in [2.05, 4.69) is 14.9 Å². The summed E-state index contributed by atoms with van der Waals surface area (Å²) in [4.78, 5) is 23.9. The average molecular weight is 410 g/mol. The average Bonchev–Trinajstić information content (AvgIpc) is 3.14. The van der Waals surface area contributed by atoms with Crippen LogP contribution in [0.3, 0.4) is 0 Å². The third-order valence-corrected chi connectivity index (χ3v) is 5.36. The highest BCUT2D eigenvalue weighted by molar-refractivity contribution is 5.77. The Kier molecular flexibility index (Phi) is 6.28. The van der Waals surface area contributed by atoms with Crippen molar-refractivity contribution < 1.29 is 13.9 Å². The van der Waals surface area contributed by atoms with Gasteiger partial charge in [-0.05, 0) is 62.2 Å². The summed E-state index contributed by atoms with van der Waals surface area (Å²) in [6, 6.07) is 12.4. The minimum absolute atomic E-state index is 0.0595. The number of benzene rings is 2. The third kappa shape index (κ3) is 5.16. The van der Waals surface area contributed by atoms with Gasteiger partial charge in [-0.25, -0.2) is 9.37 Å². The Morgan fingerprint density at radius 1 is 1.13 bits per heavy atom. The molecule has 1 N–H and O–H groups in total. The molecule has 0 bridgehead atoms. The number of carbonyl (C=O) groups excluding carboxylic acids is 1. The van der Waals surface area contributed by atoms with Crippen LogP contribution in [0, 0.1) is 5.82 Å². The summed E-state index contributed by atoms with van der Waals surface area (Å²) in [7, 11) is 2.01. The number of ether oxygens (including phenoxy) is 1. The number of aromatic amines is 1. The van der Waals surface area contributed by atoms with Crippen molar-refractivity contribution in [2.45, 2.75) is 32.4 Å². The van der Waals surface area contributed by atoms with Crippen LogP contribution < -0.4 is 4.74 Å². The van der Waals surface area contributed by atoms with Gasteiger partial charge in [0.05, 0.1) is 17.6 Å². The number of imidazole rings is 1. The Labute approximate surface area is 175 Å². The molecule has 0 unspecified atom stereocenters. The maximum atomic E-state index is 13.3. The molecule has 3 aromatic rings. The molecule has 1 amide bonds. The van der Waals surface area contributed by atoms with Gasteiger partial charge in [-0.3, -0.25) is 9.69 Å². The Morgan fingerprint density at radius 2 is 1.90 bits per heavy atom. The largest absolute Gasteiger partial charge is 0.484 e. The summed E-state index contributed by atoms with van der Waals surface area (Å²) < 4.78 is 19.0. The van der Waals surface area contributed by atoms with E-state index >= 15 is 0 Å². The summed E-state index contributed by atoms with van der Waals surface area (Å²) >= 11 is 0. The Hall–Kier alpha value is -2.93. The van der Waals surface area contributed by atoms with E-state index in [1.807, 2.05) is 36.2 Å². The highest BCUT2D eigenvalue weighted by Crippen LogP contribution is 2.17. The Balaban J connectivity index is 1.27. The van der Waals surface area contributed by atoms with Crippen molar-refractivity contribution in [2.75, 3.05) is 26.7 Å². The van der Waals surface area contributed by atoms with Gasteiger partial charge >= 0.3 is 0 Å². The summed E-state index contributed by atoms with van der Waals surface area (Å²) in [5, 5.41) is 0. The van der Waals surface area contributed by atoms with Gasteiger partial charge in [0.15, 0.2) is 6.61 Å². The smallest absolute Gasteiger partial charge is 0.260 e. The first-order valence-electron chi connectivity index (χ1n) is 10.4. The highest BCUT2D eigenvalue weighted by Gasteiger charge is 2.16. The molecule has 1 fully saturated rings. The second-order valence-electron chi connectivity index (χ2n) is 7.89. The molecule has 0 radical (unpaired) electrons. The lowest BCUT2D eigenvalue weighted by atomic mass is 10.1. The van der Waals surface area contributed by atoms with Gasteiger partial charge in [-0.15, -0.1) is 0 Å². The molecule has 1 aliphatic heterocycles. The predicted molar refractivity (Wildman–Crippen MR) is 114 cm³/mol. The Morgan fingerprint density at radius 3 is 2.67 bits per heavy atom. The van der Waals surface area contributed by atoms with Gasteiger partial charge in [0.2, 0.25) is 0 Å². The van der Waals surface area contributed by atoms with Crippen LogP contribution >= 0.6 is 0 Å².